The van der Waals surface area contributed by atoms with Gasteiger partial charge in [-0.15, -0.1) is 5.10 Å². The average Bonchev–Trinajstić information content (AvgIpc) is 3.27. The predicted octanol–water partition coefficient (Wildman–Crippen LogP) is 2.14. The van der Waals surface area contributed by atoms with Crippen molar-refractivity contribution in [1.82, 2.24) is 30.1 Å². The Labute approximate surface area is 198 Å². The minimum absolute atomic E-state index is 0.138. The van der Waals surface area contributed by atoms with Gasteiger partial charge in [0.25, 0.3) is 5.56 Å². The van der Waals surface area contributed by atoms with Gasteiger partial charge in [-0.1, -0.05) is 6.07 Å². The van der Waals surface area contributed by atoms with Gasteiger partial charge in [0.1, 0.15) is 6.04 Å². The number of nitrogens with one attached hydrogen (secondary N) is 1. The van der Waals surface area contributed by atoms with Crippen LogP contribution in [0, 0.1) is 19.8 Å². The molecule has 1 aliphatic heterocycles. The fourth-order valence-electron chi connectivity index (χ4n) is 4.79. The molecule has 182 valence electrons. The number of carbonyl (C=O) groups is 1. The maximum Gasteiger partial charge on any atom is 0.309 e. The number of ether oxygens (including phenoxy) is 2. The fraction of sp³-hybridized carbons (Fsp3) is 0.542. The maximum absolute atomic E-state index is 13.4. The van der Waals surface area contributed by atoms with Gasteiger partial charge in [0.2, 0.25) is 0 Å². The molecule has 2 aromatic heterocycles. The zero-order valence-corrected chi connectivity index (χ0v) is 20.2. The van der Waals surface area contributed by atoms with Gasteiger partial charge in [0.15, 0.2) is 5.82 Å². The van der Waals surface area contributed by atoms with Crippen LogP contribution in [-0.4, -0.2) is 69.5 Å². The van der Waals surface area contributed by atoms with E-state index in [1.165, 1.54) is 0 Å². The summed E-state index contributed by atoms with van der Waals surface area (Å²) in [4.78, 5) is 30.9. The van der Waals surface area contributed by atoms with E-state index in [0.29, 0.717) is 57.1 Å². The standard InChI is InChI=1S/C24H32N6O4/c1-5-34-24(32)17-6-8-29(9-7-17)21(22-26-27-28-30(22)10-11-33-4)19-14-18-16(3)12-15(2)13-20(18)25-23(19)31/h12-14,17,21H,5-11H2,1-4H3,(H,25,31)/t21-/m0/s1. The van der Waals surface area contributed by atoms with Crippen LogP contribution in [0.2, 0.25) is 0 Å². The molecule has 0 bridgehead atoms. The highest BCUT2D eigenvalue weighted by atomic mass is 16.5. The summed E-state index contributed by atoms with van der Waals surface area (Å²) >= 11 is 0. The number of aromatic nitrogens is 5. The lowest BCUT2D eigenvalue weighted by Gasteiger charge is -2.36. The Morgan fingerprint density at radius 1 is 1.24 bits per heavy atom. The second-order valence-corrected chi connectivity index (χ2v) is 8.81. The van der Waals surface area contributed by atoms with Crippen molar-refractivity contribution >= 4 is 16.9 Å². The van der Waals surface area contributed by atoms with Crippen LogP contribution in [0.5, 0.6) is 0 Å². The van der Waals surface area contributed by atoms with Crippen molar-refractivity contribution in [2.24, 2.45) is 5.92 Å². The average molecular weight is 469 g/mol. The third-order valence-corrected chi connectivity index (χ3v) is 6.46. The zero-order valence-electron chi connectivity index (χ0n) is 20.2. The molecule has 0 unspecified atom stereocenters. The molecular weight excluding hydrogens is 436 g/mol. The SMILES string of the molecule is CCOC(=O)C1CCN([C@@H](c2cc3c(C)cc(C)cc3[nH]c2=O)c2nnnn2CCOC)CC1. The summed E-state index contributed by atoms with van der Waals surface area (Å²) in [7, 11) is 1.63. The number of tetrazole rings is 1. The number of aryl methyl sites for hydroxylation is 2. The molecule has 1 saturated heterocycles. The largest absolute Gasteiger partial charge is 0.466 e. The number of likely N-dealkylation sites (tertiary alicyclic amines) is 1. The third-order valence-electron chi connectivity index (χ3n) is 6.46. The molecule has 4 rings (SSSR count). The van der Waals surface area contributed by atoms with E-state index < -0.39 is 6.04 Å². The molecule has 1 aromatic carbocycles. The summed E-state index contributed by atoms with van der Waals surface area (Å²) in [5, 5.41) is 13.4. The summed E-state index contributed by atoms with van der Waals surface area (Å²) in [6.07, 6.45) is 1.30. The molecule has 0 aliphatic carbocycles. The first-order valence-electron chi connectivity index (χ1n) is 11.7. The number of H-pyrrole nitrogens is 1. The van der Waals surface area contributed by atoms with Crippen LogP contribution in [0.1, 0.15) is 48.3 Å². The molecule has 3 heterocycles. The first kappa shape index (κ1) is 24.0. The molecular formula is C24H32N6O4. The number of methoxy groups -OCH3 is 1. The number of hydrogen-bond donors (Lipinski definition) is 1. The lowest BCUT2D eigenvalue weighted by atomic mass is 9.93. The Balaban J connectivity index is 1.75. The van der Waals surface area contributed by atoms with E-state index in [2.05, 4.69) is 31.5 Å². The Morgan fingerprint density at radius 3 is 2.71 bits per heavy atom. The van der Waals surface area contributed by atoms with Gasteiger partial charge in [0, 0.05) is 36.7 Å². The summed E-state index contributed by atoms with van der Waals surface area (Å²) in [6, 6.07) is 5.59. The second-order valence-electron chi connectivity index (χ2n) is 8.81. The van der Waals surface area contributed by atoms with Gasteiger partial charge in [-0.2, -0.15) is 0 Å². The number of benzene rings is 1. The van der Waals surface area contributed by atoms with E-state index in [9.17, 15) is 9.59 Å². The van der Waals surface area contributed by atoms with Crippen LogP contribution >= 0.6 is 0 Å². The molecule has 0 amide bonds. The van der Waals surface area contributed by atoms with Crippen molar-refractivity contribution in [2.75, 3.05) is 33.4 Å². The lowest BCUT2D eigenvalue weighted by molar-refractivity contribution is -0.149. The number of piperidine rings is 1. The summed E-state index contributed by atoms with van der Waals surface area (Å²) in [5.74, 6) is 0.292. The molecule has 0 spiro atoms. The third kappa shape index (κ3) is 4.88. The van der Waals surface area contributed by atoms with E-state index in [-0.39, 0.29) is 17.4 Å². The highest BCUT2D eigenvalue weighted by Gasteiger charge is 2.35. The molecule has 34 heavy (non-hydrogen) atoms. The van der Waals surface area contributed by atoms with Gasteiger partial charge in [-0.25, -0.2) is 4.68 Å². The Bertz CT molecular complexity index is 1210. The molecule has 1 atom stereocenters. The van der Waals surface area contributed by atoms with Crippen molar-refractivity contribution in [3.8, 4) is 0 Å². The highest BCUT2D eigenvalue weighted by Crippen LogP contribution is 2.32. The predicted molar refractivity (Wildman–Crippen MR) is 127 cm³/mol. The molecule has 1 N–H and O–H groups in total. The van der Waals surface area contributed by atoms with Crippen LogP contribution < -0.4 is 5.56 Å². The number of hydrogen-bond acceptors (Lipinski definition) is 8. The molecule has 1 aliphatic rings. The summed E-state index contributed by atoms with van der Waals surface area (Å²) in [6.45, 7) is 8.41. The molecule has 3 aromatic rings. The van der Waals surface area contributed by atoms with E-state index >= 15 is 0 Å². The highest BCUT2D eigenvalue weighted by molar-refractivity contribution is 5.83. The summed E-state index contributed by atoms with van der Waals surface area (Å²) in [5.41, 5.74) is 3.41. The van der Waals surface area contributed by atoms with E-state index in [1.54, 1.807) is 11.8 Å². The number of carbonyl (C=O) groups excluding carboxylic acids is 1. The number of fused-ring (bicyclic) bond motifs is 1. The zero-order chi connectivity index (χ0) is 24.2. The van der Waals surface area contributed by atoms with Gasteiger partial charge >= 0.3 is 5.97 Å². The lowest BCUT2D eigenvalue weighted by Crippen LogP contribution is -2.42. The molecule has 10 heteroatoms. The maximum atomic E-state index is 13.4. The minimum atomic E-state index is -0.455. The normalized spacial score (nSPS) is 16.1. The molecule has 1 fully saturated rings. The minimum Gasteiger partial charge on any atom is -0.466 e. The van der Waals surface area contributed by atoms with Crippen molar-refractivity contribution in [2.45, 2.75) is 46.2 Å². The Kier molecular flexibility index (Phi) is 7.38. The van der Waals surface area contributed by atoms with Crippen LogP contribution in [0.3, 0.4) is 0 Å². The molecule has 10 nitrogen and oxygen atoms in total. The Hall–Kier alpha value is -3.11. The van der Waals surface area contributed by atoms with E-state index in [0.717, 1.165) is 22.0 Å². The van der Waals surface area contributed by atoms with Gasteiger partial charge in [-0.05, 0) is 67.3 Å². The van der Waals surface area contributed by atoms with Crippen LogP contribution in [0.25, 0.3) is 10.9 Å². The van der Waals surface area contributed by atoms with Crippen LogP contribution in [-0.2, 0) is 20.8 Å². The fourth-order valence-corrected chi connectivity index (χ4v) is 4.79. The van der Waals surface area contributed by atoms with Gasteiger partial charge in [-0.3, -0.25) is 14.5 Å². The Morgan fingerprint density at radius 2 is 2.00 bits per heavy atom. The molecule has 0 radical (unpaired) electrons. The number of nitrogens with zero attached hydrogens (tertiary/aromatic N) is 5. The smallest absolute Gasteiger partial charge is 0.309 e. The number of aromatic amines is 1. The topological polar surface area (TPSA) is 115 Å². The van der Waals surface area contributed by atoms with Crippen molar-refractivity contribution in [1.29, 1.82) is 0 Å². The first-order valence-corrected chi connectivity index (χ1v) is 11.7. The van der Waals surface area contributed by atoms with Crippen LogP contribution in [0.4, 0.5) is 0 Å². The van der Waals surface area contributed by atoms with E-state index in [4.69, 9.17) is 9.47 Å². The summed E-state index contributed by atoms with van der Waals surface area (Å²) < 4.78 is 12.1. The van der Waals surface area contributed by atoms with Gasteiger partial charge in [0.05, 0.1) is 25.7 Å². The van der Waals surface area contributed by atoms with Crippen molar-refractivity contribution in [3.63, 3.8) is 0 Å². The number of pyridine rings is 1. The quantitative estimate of drug-likeness (QED) is 0.500. The van der Waals surface area contributed by atoms with E-state index in [1.807, 2.05) is 32.9 Å². The van der Waals surface area contributed by atoms with Crippen molar-refractivity contribution in [3.05, 3.63) is 51.1 Å². The second kappa shape index (κ2) is 10.4. The van der Waals surface area contributed by atoms with Crippen LogP contribution in [0.15, 0.2) is 23.0 Å². The molecule has 0 saturated carbocycles. The van der Waals surface area contributed by atoms with Gasteiger partial charge < -0.3 is 14.5 Å². The number of esters is 1. The monoisotopic (exact) mass is 468 g/mol. The number of rotatable bonds is 8. The first-order chi connectivity index (χ1) is 16.4. The van der Waals surface area contributed by atoms with Crippen molar-refractivity contribution < 1.29 is 14.3 Å².